The molecule has 1 aliphatic heterocycles. The Morgan fingerprint density at radius 2 is 1.75 bits per heavy atom. The normalized spacial score (nSPS) is 15.4. The van der Waals surface area contributed by atoms with E-state index in [4.69, 9.17) is 4.74 Å². The van der Waals surface area contributed by atoms with E-state index in [9.17, 15) is 9.18 Å². The van der Waals surface area contributed by atoms with Crippen molar-refractivity contribution in [1.29, 1.82) is 0 Å². The molecule has 1 heterocycles. The molecular weight excluding hydrogens is 401 g/mol. The molecule has 1 fully saturated rings. The number of anilines is 1. The summed E-state index contributed by atoms with van der Waals surface area (Å²) in [5.74, 6) is -0.326. The van der Waals surface area contributed by atoms with E-state index in [1.807, 2.05) is 45.9 Å². The molecule has 0 spiro atoms. The second-order valence-corrected chi connectivity index (χ2v) is 9.82. The molecule has 168 valence electrons. The van der Waals surface area contributed by atoms with Crippen LogP contribution >= 0.6 is 0 Å². The fourth-order valence-corrected chi connectivity index (χ4v) is 4.73. The van der Waals surface area contributed by atoms with Crippen molar-refractivity contribution in [2.75, 3.05) is 18.0 Å². The zero-order valence-corrected chi connectivity index (χ0v) is 19.7. The van der Waals surface area contributed by atoms with Crippen LogP contribution in [0.4, 0.5) is 10.1 Å². The summed E-state index contributed by atoms with van der Waals surface area (Å²) in [4.78, 5) is 15.1. The van der Waals surface area contributed by atoms with Crippen LogP contribution < -0.4 is 4.90 Å². The van der Waals surface area contributed by atoms with Crippen LogP contribution in [0.1, 0.15) is 57.8 Å². The highest BCUT2D eigenvalue weighted by molar-refractivity contribution is 6.01. The van der Waals surface area contributed by atoms with Gasteiger partial charge in [0, 0.05) is 18.8 Å². The van der Waals surface area contributed by atoms with Crippen molar-refractivity contribution in [3.63, 3.8) is 0 Å². The van der Waals surface area contributed by atoms with Gasteiger partial charge in [0.2, 0.25) is 0 Å². The minimum absolute atomic E-state index is 0.0595. The van der Waals surface area contributed by atoms with Crippen molar-refractivity contribution >= 4 is 22.2 Å². The van der Waals surface area contributed by atoms with Gasteiger partial charge in [-0.05, 0) is 98.7 Å². The minimum Gasteiger partial charge on any atom is -0.371 e. The number of hydrogen-bond acceptors (Lipinski definition) is 3. The van der Waals surface area contributed by atoms with Gasteiger partial charge >= 0.3 is 0 Å². The Morgan fingerprint density at radius 1 is 1.06 bits per heavy atom. The topological polar surface area (TPSA) is 29.5 Å². The SMILES string of the molecule is CC(=O)[C@@H](OC(C)(C)C)c1c(C)cc2ccccc2c1-c1cc(F)cc(N2CCCC2)c1. The Morgan fingerprint density at radius 3 is 2.41 bits per heavy atom. The summed E-state index contributed by atoms with van der Waals surface area (Å²) in [5.41, 5.74) is 3.84. The number of ether oxygens (including phenoxy) is 1. The number of fused-ring (bicyclic) bond motifs is 1. The van der Waals surface area contributed by atoms with Crippen LogP contribution in [0, 0.1) is 12.7 Å². The molecule has 1 aliphatic rings. The molecule has 0 bridgehead atoms. The third kappa shape index (κ3) is 4.56. The summed E-state index contributed by atoms with van der Waals surface area (Å²) in [6, 6.07) is 15.4. The van der Waals surface area contributed by atoms with Gasteiger partial charge in [-0.1, -0.05) is 30.3 Å². The van der Waals surface area contributed by atoms with Gasteiger partial charge in [-0.3, -0.25) is 4.79 Å². The predicted molar refractivity (Wildman–Crippen MR) is 130 cm³/mol. The lowest BCUT2D eigenvalue weighted by atomic mass is 9.86. The summed E-state index contributed by atoms with van der Waals surface area (Å²) in [6.45, 7) is 11.3. The molecule has 3 nitrogen and oxygen atoms in total. The van der Waals surface area contributed by atoms with Crippen LogP contribution in [0.2, 0.25) is 0 Å². The van der Waals surface area contributed by atoms with E-state index in [1.54, 1.807) is 19.1 Å². The van der Waals surface area contributed by atoms with Crippen LogP contribution in [-0.4, -0.2) is 24.5 Å². The molecule has 0 aromatic heterocycles. The molecule has 0 amide bonds. The fourth-order valence-electron chi connectivity index (χ4n) is 4.73. The number of benzene rings is 3. The molecule has 1 atom stereocenters. The smallest absolute Gasteiger partial charge is 0.163 e. The van der Waals surface area contributed by atoms with Crippen molar-refractivity contribution in [2.45, 2.75) is 59.2 Å². The minimum atomic E-state index is -0.729. The van der Waals surface area contributed by atoms with Gasteiger partial charge in [0.05, 0.1) is 5.60 Å². The molecule has 3 aromatic rings. The molecule has 1 saturated heterocycles. The number of aryl methyl sites for hydroxylation is 1. The van der Waals surface area contributed by atoms with E-state index < -0.39 is 11.7 Å². The van der Waals surface area contributed by atoms with Gasteiger partial charge in [-0.2, -0.15) is 0 Å². The van der Waals surface area contributed by atoms with Gasteiger partial charge in [0.1, 0.15) is 11.9 Å². The van der Waals surface area contributed by atoms with Crippen molar-refractivity contribution < 1.29 is 13.9 Å². The number of rotatable bonds is 5. The first kappa shape index (κ1) is 22.5. The first-order valence-electron chi connectivity index (χ1n) is 11.4. The molecule has 0 saturated carbocycles. The molecule has 4 heteroatoms. The Kier molecular flexibility index (Phi) is 6.09. The third-order valence-electron chi connectivity index (χ3n) is 6.04. The van der Waals surface area contributed by atoms with Gasteiger partial charge in [0.15, 0.2) is 5.78 Å². The van der Waals surface area contributed by atoms with Crippen LogP contribution in [0.25, 0.3) is 21.9 Å². The van der Waals surface area contributed by atoms with E-state index in [1.165, 1.54) is 0 Å². The van der Waals surface area contributed by atoms with Gasteiger partial charge in [-0.25, -0.2) is 4.39 Å². The van der Waals surface area contributed by atoms with E-state index in [-0.39, 0.29) is 11.6 Å². The molecule has 3 aromatic carbocycles. The first-order chi connectivity index (χ1) is 15.1. The Labute approximate surface area is 190 Å². The highest BCUT2D eigenvalue weighted by Gasteiger charge is 2.30. The summed E-state index contributed by atoms with van der Waals surface area (Å²) >= 11 is 0. The average molecular weight is 434 g/mol. The van der Waals surface area contributed by atoms with Gasteiger partial charge < -0.3 is 9.64 Å². The van der Waals surface area contributed by atoms with Crippen LogP contribution in [0.5, 0.6) is 0 Å². The van der Waals surface area contributed by atoms with Crippen LogP contribution in [0.3, 0.4) is 0 Å². The van der Waals surface area contributed by atoms with Crippen molar-refractivity contribution in [3.05, 3.63) is 65.5 Å². The maximum absolute atomic E-state index is 14.9. The molecule has 0 radical (unpaired) electrons. The van der Waals surface area contributed by atoms with E-state index >= 15 is 0 Å². The number of halogens is 1. The Balaban J connectivity index is 2.01. The number of ketones is 1. The van der Waals surface area contributed by atoms with Gasteiger partial charge in [-0.15, -0.1) is 0 Å². The van der Waals surface area contributed by atoms with Crippen molar-refractivity contribution in [3.8, 4) is 11.1 Å². The summed E-state index contributed by atoms with van der Waals surface area (Å²) in [5, 5.41) is 2.06. The zero-order valence-electron chi connectivity index (χ0n) is 19.7. The second kappa shape index (κ2) is 8.67. The van der Waals surface area contributed by atoms with Crippen LogP contribution in [-0.2, 0) is 9.53 Å². The lowest BCUT2D eigenvalue weighted by Gasteiger charge is -2.30. The second-order valence-electron chi connectivity index (χ2n) is 9.82. The number of hydrogen-bond donors (Lipinski definition) is 0. The number of Topliss-reactive ketones (excluding diaryl/α,β-unsaturated/α-hetero) is 1. The monoisotopic (exact) mass is 433 g/mol. The summed E-state index contributed by atoms with van der Waals surface area (Å²) in [6.07, 6.45) is 1.51. The van der Waals surface area contributed by atoms with Gasteiger partial charge in [0.25, 0.3) is 0 Å². The Bertz CT molecular complexity index is 1160. The number of carbonyl (C=O) groups is 1. The molecule has 32 heavy (non-hydrogen) atoms. The lowest BCUT2D eigenvalue weighted by Crippen LogP contribution is -2.27. The molecule has 4 rings (SSSR count). The van der Waals surface area contributed by atoms with Crippen LogP contribution in [0.15, 0.2) is 48.5 Å². The Hall–Kier alpha value is -2.72. The highest BCUT2D eigenvalue weighted by Crippen LogP contribution is 2.42. The lowest BCUT2D eigenvalue weighted by molar-refractivity contribution is -0.138. The molecule has 0 unspecified atom stereocenters. The maximum Gasteiger partial charge on any atom is 0.163 e. The number of nitrogens with zero attached hydrogens (tertiary/aromatic N) is 1. The predicted octanol–water partition coefficient (Wildman–Crippen LogP) is 7.00. The molecule has 0 aliphatic carbocycles. The summed E-state index contributed by atoms with van der Waals surface area (Å²) < 4.78 is 21.2. The fraction of sp³-hybridized carbons (Fsp3) is 0.393. The van der Waals surface area contributed by atoms with Crippen molar-refractivity contribution in [2.24, 2.45) is 0 Å². The first-order valence-corrected chi connectivity index (χ1v) is 11.4. The largest absolute Gasteiger partial charge is 0.371 e. The standard InChI is InChI=1S/C28H32FNO2/c1-18-14-20-10-6-7-11-24(20)26(25(18)27(19(2)31)32-28(3,4)5)21-15-22(29)17-23(16-21)30-12-8-9-13-30/h6-7,10-11,14-17,27H,8-9,12-13H2,1-5H3/t27-/m1/s1. The quantitative estimate of drug-likeness (QED) is 0.434. The number of carbonyl (C=O) groups excluding carboxylic acids is 1. The maximum atomic E-state index is 14.9. The molecular formula is C28H32FNO2. The van der Waals surface area contributed by atoms with Crippen molar-refractivity contribution in [1.82, 2.24) is 0 Å². The van der Waals surface area contributed by atoms with E-state index in [0.717, 1.165) is 64.6 Å². The summed E-state index contributed by atoms with van der Waals surface area (Å²) in [7, 11) is 0. The highest BCUT2D eigenvalue weighted by atomic mass is 19.1. The van der Waals surface area contributed by atoms with E-state index in [2.05, 4.69) is 23.1 Å². The average Bonchev–Trinajstić information content (AvgIpc) is 3.25. The zero-order chi connectivity index (χ0) is 23.0. The molecule has 0 N–H and O–H groups in total. The third-order valence-corrected chi connectivity index (χ3v) is 6.04. The van der Waals surface area contributed by atoms with E-state index in [0.29, 0.717) is 0 Å².